The van der Waals surface area contributed by atoms with Gasteiger partial charge in [0.05, 0.1) is 36.2 Å². The molecule has 0 aliphatic heterocycles. The van der Waals surface area contributed by atoms with Crippen LogP contribution in [0.2, 0.25) is 0 Å². The number of aliphatic hydroxyl groups is 2. The maximum atomic E-state index is 15.0. The molecule has 2 aromatic carbocycles. The predicted molar refractivity (Wildman–Crippen MR) is 128 cm³/mol. The van der Waals surface area contributed by atoms with Crippen LogP contribution in [0, 0.1) is 12.7 Å². The van der Waals surface area contributed by atoms with E-state index in [0.717, 1.165) is 29.7 Å². The highest BCUT2D eigenvalue weighted by Crippen LogP contribution is 2.34. The summed E-state index contributed by atoms with van der Waals surface area (Å²) >= 11 is 0. The van der Waals surface area contributed by atoms with Gasteiger partial charge in [0.2, 0.25) is 0 Å². The van der Waals surface area contributed by atoms with Gasteiger partial charge in [-0.05, 0) is 50.3 Å². The van der Waals surface area contributed by atoms with Crippen LogP contribution in [0.5, 0.6) is 0 Å². The second kappa shape index (κ2) is 10.3. The topological polar surface area (TPSA) is 121 Å². The molecule has 1 aliphatic rings. The molecule has 0 saturated heterocycles. The number of nitrogens with zero attached hydrogens (tertiary/aromatic N) is 2. The minimum absolute atomic E-state index is 0.140. The van der Waals surface area contributed by atoms with E-state index in [-0.39, 0.29) is 30.0 Å². The Morgan fingerprint density at radius 2 is 1.97 bits per heavy atom. The molecule has 1 atom stereocenters. The number of amides is 1. The first-order valence-electron chi connectivity index (χ1n) is 11.4. The standard InChI is InChI=1S/C26H29FN4O3/c1-15-3-2-4-17(11-15)23(14-32)31-26(34)20-10-7-18(12-21(20)27)24-25(28)29-13-22(30-24)16-5-8-19(33)9-6-16/h2-4,7,10-13,16,19,23,32-33H,5-6,8-9,14H2,1H3,(H2,28,29)(H,31,34)/t16?,19?,23-/m1/s1. The SMILES string of the molecule is Cc1cccc([C@@H](CO)NC(=O)c2ccc(-c3nc(C4CCC(O)CC4)cnc3N)cc2F)c1. The molecule has 1 heterocycles. The molecule has 0 radical (unpaired) electrons. The number of nitrogen functional groups attached to an aromatic ring is 1. The molecule has 0 bridgehead atoms. The van der Waals surface area contributed by atoms with Gasteiger partial charge in [-0.25, -0.2) is 14.4 Å². The lowest BCUT2D eigenvalue weighted by atomic mass is 9.85. The minimum Gasteiger partial charge on any atom is -0.394 e. The summed E-state index contributed by atoms with van der Waals surface area (Å²) < 4.78 is 15.0. The smallest absolute Gasteiger partial charge is 0.254 e. The van der Waals surface area contributed by atoms with Gasteiger partial charge in [0.15, 0.2) is 0 Å². The third-order valence-corrected chi connectivity index (χ3v) is 6.35. The number of carbonyl (C=O) groups is 1. The number of anilines is 1. The number of nitrogens with two attached hydrogens (primary N) is 1. The number of aromatic nitrogens is 2. The molecule has 178 valence electrons. The molecule has 1 amide bonds. The van der Waals surface area contributed by atoms with Crippen molar-refractivity contribution in [3.05, 3.63) is 76.9 Å². The van der Waals surface area contributed by atoms with E-state index in [2.05, 4.69) is 15.3 Å². The zero-order valence-corrected chi connectivity index (χ0v) is 19.0. The fraction of sp³-hybridized carbons (Fsp3) is 0.346. The van der Waals surface area contributed by atoms with Crippen LogP contribution in [0.25, 0.3) is 11.3 Å². The summed E-state index contributed by atoms with van der Waals surface area (Å²) in [6.45, 7) is 1.60. The number of benzene rings is 2. The van der Waals surface area contributed by atoms with Gasteiger partial charge >= 0.3 is 0 Å². The second-order valence-electron chi connectivity index (χ2n) is 8.85. The van der Waals surface area contributed by atoms with Crippen LogP contribution in [0.15, 0.2) is 48.7 Å². The van der Waals surface area contributed by atoms with Crippen molar-refractivity contribution in [1.82, 2.24) is 15.3 Å². The summed E-state index contributed by atoms with van der Waals surface area (Å²) in [6, 6.07) is 11.0. The number of hydrogen-bond acceptors (Lipinski definition) is 6. The van der Waals surface area contributed by atoms with E-state index in [9.17, 15) is 19.4 Å². The van der Waals surface area contributed by atoms with E-state index in [4.69, 9.17) is 5.73 Å². The maximum Gasteiger partial charge on any atom is 0.254 e. The Kier molecular flexibility index (Phi) is 7.19. The van der Waals surface area contributed by atoms with E-state index in [1.54, 1.807) is 18.3 Å². The molecular weight excluding hydrogens is 435 g/mol. The first-order valence-corrected chi connectivity index (χ1v) is 11.4. The maximum absolute atomic E-state index is 15.0. The normalized spacial score (nSPS) is 18.9. The molecule has 1 saturated carbocycles. The molecule has 1 aromatic heterocycles. The first kappa shape index (κ1) is 23.8. The van der Waals surface area contributed by atoms with E-state index in [1.165, 1.54) is 12.1 Å². The number of halogens is 1. The predicted octanol–water partition coefficient (Wildman–Crippen LogP) is 3.66. The fourth-order valence-electron chi connectivity index (χ4n) is 4.40. The average Bonchev–Trinajstić information content (AvgIpc) is 2.83. The zero-order valence-electron chi connectivity index (χ0n) is 19.0. The third kappa shape index (κ3) is 5.24. The Morgan fingerprint density at radius 3 is 2.65 bits per heavy atom. The summed E-state index contributed by atoms with van der Waals surface area (Å²) in [6.07, 6.45) is 4.39. The Balaban J connectivity index is 1.55. The molecule has 1 fully saturated rings. The van der Waals surface area contributed by atoms with Gasteiger partial charge in [-0.3, -0.25) is 4.79 Å². The molecule has 8 heteroatoms. The monoisotopic (exact) mass is 464 g/mol. The summed E-state index contributed by atoms with van der Waals surface area (Å²) in [5.41, 5.74) is 9.18. The van der Waals surface area contributed by atoms with Gasteiger partial charge in [-0.2, -0.15) is 0 Å². The molecule has 3 aromatic rings. The van der Waals surface area contributed by atoms with Gasteiger partial charge in [0.1, 0.15) is 17.3 Å². The van der Waals surface area contributed by atoms with Crippen molar-refractivity contribution in [2.75, 3.05) is 12.3 Å². The summed E-state index contributed by atoms with van der Waals surface area (Å²) in [4.78, 5) is 21.7. The lowest BCUT2D eigenvalue weighted by molar-refractivity contribution is 0.0912. The highest BCUT2D eigenvalue weighted by molar-refractivity contribution is 5.95. The van der Waals surface area contributed by atoms with Crippen LogP contribution in [-0.2, 0) is 0 Å². The molecular formula is C26H29FN4O3. The molecule has 0 unspecified atom stereocenters. The van der Waals surface area contributed by atoms with Crippen LogP contribution >= 0.6 is 0 Å². The summed E-state index contributed by atoms with van der Waals surface area (Å²) in [7, 11) is 0. The lowest BCUT2D eigenvalue weighted by Crippen LogP contribution is -2.31. The Morgan fingerprint density at radius 1 is 1.21 bits per heavy atom. The van der Waals surface area contributed by atoms with Gasteiger partial charge in [-0.1, -0.05) is 35.9 Å². The number of hydrogen-bond donors (Lipinski definition) is 4. The molecule has 1 aliphatic carbocycles. The Hall–Kier alpha value is -3.36. The van der Waals surface area contributed by atoms with E-state index < -0.39 is 17.8 Å². The van der Waals surface area contributed by atoms with Gasteiger partial charge in [0.25, 0.3) is 5.91 Å². The zero-order chi connectivity index (χ0) is 24.2. The van der Waals surface area contributed by atoms with Crippen LogP contribution in [-0.4, -0.2) is 38.8 Å². The highest BCUT2D eigenvalue weighted by Gasteiger charge is 2.24. The highest BCUT2D eigenvalue weighted by atomic mass is 19.1. The minimum atomic E-state index is -0.719. The number of carbonyl (C=O) groups excluding carboxylic acids is 1. The van der Waals surface area contributed by atoms with Crippen LogP contribution < -0.4 is 11.1 Å². The molecule has 7 nitrogen and oxygen atoms in total. The average molecular weight is 465 g/mol. The van der Waals surface area contributed by atoms with Gasteiger partial charge in [0, 0.05) is 11.5 Å². The number of rotatable bonds is 6. The Bertz CT molecular complexity index is 1180. The molecule has 4 rings (SSSR count). The van der Waals surface area contributed by atoms with Crippen molar-refractivity contribution >= 4 is 11.7 Å². The second-order valence-corrected chi connectivity index (χ2v) is 8.85. The quantitative estimate of drug-likeness (QED) is 0.442. The van der Waals surface area contributed by atoms with Crippen molar-refractivity contribution in [3.8, 4) is 11.3 Å². The largest absolute Gasteiger partial charge is 0.394 e. The fourth-order valence-corrected chi connectivity index (χ4v) is 4.40. The number of nitrogens with one attached hydrogen (secondary N) is 1. The van der Waals surface area contributed by atoms with Crippen LogP contribution in [0.3, 0.4) is 0 Å². The Labute approximate surface area is 197 Å². The molecule has 5 N–H and O–H groups in total. The van der Waals surface area contributed by atoms with Gasteiger partial charge < -0.3 is 21.3 Å². The van der Waals surface area contributed by atoms with Crippen LogP contribution in [0.4, 0.5) is 10.2 Å². The van der Waals surface area contributed by atoms with Crippen LogP contribution in [0.1, 0.15) is 64.8 Å². The lowest BCUT2D eigenvalue weighted by Gasteiger charge is -2.25. The summed E-state index contributed by atoms with van der Waals surface area (Å²) in [5, 5.41) is 22.2. The number of aliphatic hydroxyl groups excluding tert-OH is 2. The molecule has 0 spiro atoms. The van der Waals surface area contributed by atoms with Crippen molar-refractivity contribution < 1.29 is 19.4 Å². The van der Waals surface area contributed by atoms with E-state index in [1.807, 2.05) is 25.1 Å². The number of aryl methyl sites for hydroxylation is 1. The van der Waals surface area contributed by atoms with Gasteiger partial charge in [-0.15, -0.1) is 0 Å². The summed E-state index contributed by atoms with van der Waals surface area (Å²) in [5.74, 6) is -1.00. The van der Waals surface area contributed by atoms with Crippen molar-refractivity contribution in [1.29, 1.82) is 0 Å². The van der Waals surface area contributed by atoms with Crippen molar-refractivity contribution in [2.45, 2.75) is 50.7 Å². The first-order chi connectivity index (χ1) is 16.4. The van der Waals surface area contributed by atoms with Crippen molar-refractivity contribution in [2.24, 2.45) is 0 Å². The third-order valence-electron chi connectivity index (χ3n) is 6.35. The van der Waals surface area contributed by atoms with E-state index in [0.29, 0.717) is 24.1 Å². The van der Waals surface area contributed by atoms with Crippen molar-refractivity contribution in [3.63, 3.8) is 0 Å². The molecule has 34 heavy (non-hydrogen) atoms. The van der Waals surface area contributed by atoms with E-state index >= 15 is 0 Å².